The second-order valence-electron chi connectivity index (χ2n) is 7.34. The van der Waals surface area contributed by atoms with Crippen molar-refractivity contribution in [1.82, 2.24) is 0 Å². The average molecular weight is 340 g/mol. The van der Waals surface area contributed by atoms with Gasteiger partial charge >= 0.3 is 0 Å². The predicted octanol–water partition coefficient (Wildman–Crippen LogP) is 6.94. The van der Waals surface area contributed by atoms with Gasteiger partial charge in [-0.2, -0.15) is 0 Å². The second kappa shape index (κ2) is 9.03. The fourth-order valence-electron chi connectivity index (χ4n) is 3.95. The van der Waals surface area contributed by atoms with E-state index in [9.17, 15) is 4.39 Å². The Bertz CT molecular complexity index is 614. The van der Waals surface area contributed by atoms with Crippen molar-refractivity contribution in [1.29, 1.82) is 0 Å². The minimum Gasteiger partial charge on any atom is -0.486 e. The fourth-order valence-corrected chi connectivity index (χ4v) is 3.95. The number of rotatable bonds is 7. The Labute approximate surface area is 151 Å². The molecule has 2 heteroatoms. The molecule has 2 aromatic carbocycles. The van der Waals surface area contributed by atoms with Crippen LogP contribution in [0.1, 0.15) is 63.5 Å². The Kier molecular flexibility index (Phi) is 6.49. The maximum Gasteiger partial charge on any atom is 0.124 e. The van der Waals surface area contributed by atoms with Crippen LogP contribution in [-0.4, -0.2) is 0 Å². The SMILES string of the molecule is CCC1CCC(CCC(Oc2ccc(F)cc2)c2ccccc2)CC1. The van der Waals surface area contributed by atoms with Crippen molar-refractivity contribution in [2.45, 2.75) is 58.0 Å². The summed E-state index contributed by atoms with van der Waals surface area (Å²) in [7, 11) is 0. The molecule has 0 heterocycles. The van der Waals surface area contributed by atoms with Crippen molar-refractivity contribution in [2.75, 3.05) is 0 Å². The molecule has 2 aromatic rings. The van der Waals surface area contributed by atoms with Crippen molar-refractivity contribution < 1.29 is 9.13 Å². The van der Waals surface area contributed by atoms with Gasteiger partial charge in [0, 0.05) is 0 Å². The summed E-state index contributed by atoms with van der Waals surface area (Å²) in [6, 6.07) is 16.8. The van der Waals surface area contributed by atoms with Crippen LogP contribution in [0.2, 0.25) is 0 Å². The lowest BCUT2D eigenvalue weighted by Gasteiger charge is -2.29. The van der Waals surface area contributed by atoms with Gasteiger partial charge in [0.05, 0.1) is 0 Å². The first-order valence-electron chi connectivity index (χ1n) is 9.71. The molecule has 1 unspecified atom stereocenters. The van der Waals surface area contributed by atoms with Crippen LogP contribution < -0.4 is 4.74 Å². The number of hydrogen-bond donors (Lipinski definition) is 0. The van der Waals surface area contributed by atoms with E-state index >= 15 is 0 Å². The molecular weight excluding hydrogens is 311 g/mol. The summed E-state index contributed by atoms with van der Waals surface area (Å²) in [5.41, 5.74) is 1.20. The average Bonchev–Trinajstić information content (AvgIpc) is 2.68. The van der Waals surface area contributed by atoms with Crippen LogP contribution in [-0.2, 0) is 0 Å². The number of halogens is 1. The molecule has 1 atom stereocenters. The van der Waals surface area contributed by atoms with E-state index in [4.69, 9.17) is 4.74 Å². The van der Waals surface area contributed by atoms with E-state index < -0.39 is 0 Å². The van der Waals surface area contributed by atoms with E-state index in [-0.39, 0.29) is 11.9 Å². The maximum absolute atomic E-state index is 13.1. The van der Waals surface area contributed by atoms with Gasteiger partial charge in [0.25, 0.3) is 0 Å². The summed E-state index contributed by atoms with van der Waals surface area (Å²) >= 11 is 0. The van der Waals surface area contributed by atoms with Crippen molar-refractivity contribution in [3.63, 3.8) is 0 Å². The molecule has 3 rings (SSSR count). The van der Waals surface area contributed by atoms with Crippen LogP contribution in [0, 0.1) is 17.7 Å². The number of benzene rings is 2. The molecule has 0 aliphatic heterocycles. The van der Waals surface area contributed by atoms with Crippen LogP contribution in [0.15, 0.2) is 54.6 Å². The number of hydrogen-bond acceptors (Lipinski definition) is 1. The molecule has 1 fully saturated rings. The molecule has 1 aliphatic carbocycles. The quantitative estimate of drug-likeness (QED) is 0.530. The zero-order chi connectivity index (χ0) is 17.5. The van der Waals surface area contributed by atoms with Gasteiger partial charge in [-0.05, 0) is 54.5 Å². The van der Waals surface area contributed by atoms with Gasteiger partial charge in [-0.1, -0.05) is 69.4 Å². The first-order chi connectivity index (χ1) is 12.2. The van der Waals surface area contributed by atoms with E-state index in [1.165, 1.54) is 56.2 Å². The first kappa shape index (κ1) is 18.0. The normalized spacial score (nSPS) is 21.7. The van der Waals surface area contributed by atoms with Gasteiger partial charge in [-0.25, -0.2) is 4.39 Å². The lowest BCUT2D eigenvalue weighted by atomic mass is 9.78. The summed E-state index contributed by atoms with van der Waals surface area (Å²) < 4.78 is 19.4. The van der Waals surface area contributed by atoms with Crippen molar-refractivity contribution in [3.05, 3.63) is 66.0 Å². The molecule has 0 aromatic heterocycles. The van der Waals surface area contributed by atoms with Gasteiger partial charge in [-0.3, -0.25) is 0 Å². The minimum absolute atomic E-state index is 0.0376. The Hall–Kier alpha value is -1.83. The third kappa shape index (κ3) is 5.32. The van der Waals surface area contributed by atoms with Gasteiger partial charge in [0.1, 0.15) is 17.7 Å². The molecule has 0 N–H and O–H groups in total. The lowest BCUT2D eigenvalue weighted by Crippen LogP contribution is -2.16. The lowest BCUT2D eigenvalue weighted by molar-refractivity contribution is 0.168. The summed E-state index contributed by atoms with van der Waals surface area (Å²) in [6.45, 7) is 2.31. The molecule has 0 spiro atoms. The Morgan fingerprint density at radius 1 is 0.920 bits per heavy atom. The first-order valence-corrected chi connectivity index (χ1v) is 9.71. The van der Waals surface area contributed by atoms with E-state index in [0.29, 0.717) is 0 Å². The third-order valence-corrected chi connectivity index (χ3v) is 5.64. The number of ether oxygens (including phenoxy) is 1. The van der Waals surface area contributed by atoms with Crippen molar-refractivity contribution in [2.24, 2.45) is 11.8 Å². The standard InChI is InChI=1S/C23H29FO/c1-2-18-8-10-19(11-9-18)12-17-23(20-6-4-3-5-7-20)25-22-15-13-21(24)14-16-22/h3-7,13-16,18-19,23H,2,8-12,17H2,1H3. The predicted molar refractivity (Wildman–Crippen MR) is 101 cm³/mol. The monoisotopic (exact) mass is 340 g/mol. The molecule has 1 saturated carbocycles. The van der Waals surface area contributed by atoms with E-state index in [0.717, 1.165) is 24.0 Å². The van der Waals surface area contributed by atoms with Gasteiger partial charge in [0.15, 0.2) is 0 Å². The van der Waals surface area contributed by atoms with Gasteiger partial charge in [-0.15, -0.1) is 0 Å². The fraction of sp³-hybridized carbons (Fsp3) is 0.478. The highest BCUT2D eigenvalue weighted by Gasteiger charge is 2.22. The van der Waals surface area contributed by atoms with Crippen LogP contribution >= 0.6 is 0 Å². The summed E-state index contributed by atoms with van der Waals surface area (Å²) in [5, 5.41) is 0. The van der Waals surface area contributed by atoms with Crippen LogP contribution in [0.3, 0.4) is 0 Å². The molecule has 0 bridgehead atoms. The largest absolute Gasteiger partial charge is 0.486 e. The second-order valence-corrected chi connectivity index (χ2v) is 7.34. The molecule has 0 amide bonds. The Morgan fingerprint density at radius 2 is 1.56 bits per heavy atom. The van der Waals surface area contributed by atoms with E-state index in [1.54, 1.807) is 12.1 Å². The highest BCUT2D eigenvalue weighted by atomic mass is 19.1. The summed E-state index contributed by atoms with van der Waals surface area (Å²) in [5.74, 6) is 2.28. The van der Waals surface area contributed by atoms with E-state index in [1.807, 2.05) is 6.07 Å². The Morgan fingerprint density at radius 3 is 2.20 bits per heavy atom. The molecule has 134 valence electrons. The van der Waals surface area contributed by atoms with Crippen LogP contribution in [0.5, 0.6) is 5.75 Å². The summed E-state index contributed by atoms with van der Waals surface area (Å²) in [6.07, 6.45) is 9.07. The third-order valence-electron chi connectivity index (χ3n) is 5.64. The van der Waals surface area contributed by atoms with Crippen LogP contribution in [0.25, 0.3) is 0 Å². The Balaban J connectivity index is 1.62. The van der Waals surface area contributed by atoms with Gasteiger partial charge in [0.2, 0.25) is 0 Å². The molecular formula is C23H29FO. The highest BCUT2D eigenvalue weighted by molar-refractivity contribution is 5.25. The molecule has 1 aliphatic rings. The molecule has 0 radical (unpaired) electrons. The highest BCUT2D eigenvalue weighted by Crippen LogP contribution is 2.35. The summed E-state index contributed by atoms with van der Waals surface area (Å²) in [4.78, 5) is 0. The topological polar surface area (TPSA) is 9.23 Å². The van der Waals surface area contributed by atoms with Crippen molar-refractivity contribution >= 4 is 0 Å². The van der Waals surface area contributed by atoms with Gasteiger partial charge < -0.3 is 4.74 Å². The molecule has 1 nitrogen and oxygen atoms in total. The zero-order valence-corrected chi connectivity index (χ0v) is 15.2. The van der Waals surface area contributed by atoms with E-state index in [2.05, 4.69) is 31.2 Å². The molecule has 0 saturated heterocycles. The van der Waals surface area contributed by atoms with Crippen molar-refractivity contribution in [3.8, 4) is 5.75 Å². The smallest absolute Gasteiger partial charge is 0.124 e. The van der Waals surface area contributed by atoms with Crippen LogP contribution in [0.4, 0.5) is 4.39 Å². The zero-order valence-electron chi connectivity index (χ0n) is 15.2. The minimum atomic E-state index is -0.226. The maximum atomic E-state index is 13.1. The molecule has 25 heavy (non-hydrogen) atoms.